The van der Waals surface area contributed by atoms with Gasteiger partial charge in [0.15, 0.2) is 0 Å². The van der Waals surface area contributed by atoms with Crippen LogP contribution in [0.2, 0.25) is 0 Å². The zero-order valence-corrected chi connectivity index (χ0v) is 17.5. The molecule has 0 spiro atoms. The second-order valence-corrected chi connectivity index (χ2v) is 8.38. The molecule has 0 bridgehead atoms. The lowest BCUT2D eigenvalue weighted by atomic mass is 9.96. The van der Waals surface area contributed by atoms with Gasteiger partial charge in [-0.05, 0) is 53.9 Å². The summed E-state index contributed by atoms with van der Waals surface area (Å²) in [6, 6.07) is 8.11. The van der Waals surface area contributed by atoms with E-state index < -0.39 is 0 Å². The molecule has 3 heterocycles. The Labute approximate surface area is 168 Å². The molecular formula is C23H32N4O. The first kappa shape index (κ1) is 20.3. The Balaban J connectivity index is 1.45. The third-order valence-corrected chi connectivity index (χ3v) is 5.61. The van der Waals surface area contributed by atoms with Crippen LogP contribution in [-0.4, -0.2) is 35.5 Å². The Bertz CT molecular complexity index is 760. The molecule has 0 unspecified atom stereocenters. The summed E-state index contributed by atoms with van der Waals surface area (Å²) in [6.07, 6.45) is 5.92. The smallest absolute Gasteiger partial charge is 0.269 e. The first-order chi connectivity index (χ1) is 13.4. The molecule has 2 aromatic rings. The number of hydrogen-bond acceptors (Lipinski definition) is 4. The fraction of sp³-hybridized carbons (Fsp3) is 0.522. The van der Waals surface area contributed by atoms with Crippen LogP contribution in [0.3, 0.4) is 0 Å². The zero-order chi connectivity index (χ0) is 20.1. The molecule has 5 heteroatoms. The number of carbonyl (C=O) groups excluding carboxylic acids is 1. The van der Waals surface area contributed by atoms with E-state index in [2.05, 4.69) is 60.0 Å². The minimum absolute atomic E-state index is 0.0799. The summed E-state index contributed by atoms with van der Waals surface area (Å²) < 4.78 is 0. The summed E-state index contributed by atoms with van der Waals surface area (Å²) in [5.74, 6) is 2.41. The molecule has 2 aromatic heterocycles. The van der Waals surface area contributed by atoms with Gasteiger partial charge in [0.25, 0.3) is 5.91 Å². The molecule has 0 aromatic carbocycles. The van der Waals surface area contributed by atoms with Crippen molar-refractivity contribution >= 4 is 11.7 Å². The van der Waals surface area contributed by atoms with Gasteiger partial charge in [-0.25, -0.2) is 4.98 Å². The lowest BCUT2D eigenvalue weighted by molar-refractivity contribution is 0.0940. The van der Waals surface area contributed by atoms with Crippen molar-refractivity contribution in [3.05, 3.63) is 53.5 Å². The van der Waals surface area contributed by atoms with Gasteiger partial charge in [0.2, 0.25) is 0 Å². The van der Waals surface area contributed by atoms with Gasteiger partial charge in [-0.3, -0.25) is 9.78 Å². The molecule has 0 radical (unpaired) electrons. The average molecular weight is 381 g/mol. The van der Waals surface area contributed by atoms with E-state index in [4.69, 9.17) is 0 Å². The maximum absolute atomic E-state index is 12.3. The second-order valence-electron chi connectivity index (χ2n) is 8.38. The monoisotopic (exact) mass is 380 g/mol. The molecule has 0 saturated carbocycles. The minimum atomic E-state index is -0.0799. The van der Waals surface area contributed by atoms with E-state index in [1.54, 1.807) is 6.20 Å². The van der Waals surface area contributed by atoms with Crippen LogP contribution in [0.5, 0.6) is 0 Å². The minimum Gasteiger partial charge on any atom is -0.357 e. The molecule has 1 fully saturated rings. The lowest BCUT2D eigenvalue weighted by Crippen LogP contribution is -2.39. The molecule has 1 aliphatic rings. The van der Waals surface area contributed by atoms with Crippen LogP contribution in [0.15, 0.2) is 36.7 Å². The van der Waals surface area contributed by atoms with Gasteiger partial charge in [-0.2, -0.15) is 0 Å². The Hall–Kier alpha value is -2.43. The standard InChI is InChI=1S/C23H32N4O/c1-16(2)19-5-7-21(24-14-19)23(28)26-13-18-9-11-27(12-10-18)22-8-6-20(15-25-22)17(3)4/h5-8,14-18H,9-13H2,1-4H3,(H,26,28). The molecule has 150 valence electrons. The number of aromatic nitrogens is 2. The van der Waals surface area contributed by atoms with Crippen LogP contribution >= 0.6 is 0 Å². The number of amides is 1. The van der Waals surface area contributed by atoms with Gasteiger partial charge in [0, 0.05) is 32.0 Å². The van der Waals surface area contributed by atoms with Gasteiger partial charge in [-0.1, -0.05) is 39.8 Å². The van der Waals surface area contributed by atoms with E-state index in [0.717, 1.165) is 37.3 Å². The average Bonchev–Trinajstić information content (AvgIpc) is 2.72. The van der Waals surface area contributed by atoms with Crippen molar-refractivity contribution in [2.45, 2.75) is 52.4 Å². The Morgan fingerprint density at radius 1 is 1.00 bits per heavy atom. The highest BCUT2D eigenvalue weighted by molar-refractivity contribution is 5.92. The van der Waals surface area contributed by atoms with Crippen LogP contribution in [-0.2, 0) is 0 Å². The number of hydrogen-bond donors (Lipinski definition) is 1. The number of carbonyl (C=O) groups is 1. The highest BCUT2D eigenvalue weighted by Gasteiger charge is 2.21. The molecule has 3 rings (SSSR count). The van der Waals surface area contributed by atoms with E-state index in [1.807, 2.05) is 18.3 Å². The van der Waals surface area contributed by atoms with Gasteiger partial charge in [0.05, 0.1) is 0 Å². The molecule has 5 nitrogen and oxygen atoms in total. The Morgan fingerprint density at radius 2 is 1.61 bits per heavy atom. The summed E-state index contributed by atoms with van der Waals surface area (Å²) >= 11 is 0. The highest BCUT2D eigenvalue weighted by atomic mass is 16.1. The van der Waals surface area contributed by atoms with Crippen LogP contribution in [0, 0.1) is 5.92 Å². The summed E-state index contributed by atoms with van der Waals surface area (Å²) in [4.78, 5) is 23.6. The van der Waals surface area contributed by atoms with Crippen LogP contribution < -0.4 is 10.2 Å². The van der Waals surface area contributed by atoms with Crippen LogP contribution in [0.1, 0.15) is 74.0 Å². The van der Waals surface area contributed by atoms with E-state index in [-0.39, 0.29) is 5.91 Å². The van der Waals surface area contributed by atoms with E-state index in [9.17, 15) is 4.79 Å². The number of nitrogens with zero attached hydrogens (tertiary/aromatic N) is 3. The molecule has 1 aliphatic heterocycles. The Kier molecular flexibility index (Phi) is 6.65. The van der Waals surface area contributed by atoms with Crippen molar-refractivity contribution in [1.29, 1.82) is 0 Å². The van der Waals surface area contributed by atoms with Crippen LogP contribution in [0.25, 0.3) is 0 Å². The first-order valence-corrected chi connectivity index (χ1v) is 10.4. The molecule has 0 aliphatic carbocycles. The molecule has 1 saturated heterocycles. The summed E-state index contributed by atoms with van der Waals surface area (Å²) in [5, 5.41) is 3.06. The normalized spacial score (nSPS) is 15.3. The van der Waals surface area contributed by atoms with Crippen molar-refractivity contribution in [3.63, 3.8) is 0 Å². The summed E-state index contributed by atoms with van der Waals surface area (Å²) in [7, 11) is 0. The van der Waals surface area contributed by atoms with Crippen molar-refractivity contribution < 1.29 is 4.79 Å². The molecule has 0 atom stereocenters. The predicted octanol–water partition coefficient (Wildman–Crippen LogP) is 4.37. The van der Waals surface area contributed by atoms with Gasteiger partial charge < -0.3 is 10.2 Å². The first-order valence-electron chi connectivity index (χ1n) is 10.4. The lowest BCUT2D eigenvalue weighted by Gasteiger charge is -2.33. The van der Waals surface area contributed by atoms with E-state index >= 15 is 0 Å². The molecule has 1 N–H and O–H groups in total. The Morgan fingerprint density at radius 3 is 2.11 bits per heavy atom. The highest BCUT2D eigenvalue weighted by Crippen LogP contribution is 2.23. The largest absolute Gasteiger partial charge is 0.357 e. The van der Waals surface area contributed by atoms with Gasteiger partial charge in [0.1, 0.15) is 11.5 Å². The number of rotatable bonds is 6. The van der Waals surface area contributed by atoms with Crippen LogP contribution in [0.4, 0.5) is 5.82 Å². The number of piperidine rings is 1. The number of pyridine rings is 2. The van der Waals surface area contributed by atoms with Crippen molar-refractivity contribution in [3.8, 4) is 0 Å². The van der Waals surface area contributed by atoms with E-state index in [0.29, 0.717) is 30.0 Å². The maximum Gasteiger partial charge on any atom is 0.269 e. The fourth-order valence-corrected chi connectivity index (χ4v) is 3.50. The van der Waals surface area contributed by atoms with Gasteiger partial charge >= 0.3 is 0 Å². The predicted molar refractivity (Wildman–Crippen MR) is 114 cm³/mol. The summed E-state index contributed by atoms with van der Waals surface area (Å²) in [6.45, 7) is 11.3. The quantitative estimate of drug-likeness (QED) is 0.808. The fourth-order valence-electron chi connectivity index (χ4n) is 3.50. The van der Waals surface area contributed by atoms with Crippen molar-refractivity contribution in [1.82, 2.24) is 15.3 Å². The zero-order valence-electron chi connectivity index (χ0n) is 17.5. The molecule has 1 amide bonds. The molecular weight excluding hydrogens is 348 g/mol. The SMILES string of the molecule is CC(C)c1ccc(C(=O)NCC2CCN(c3ccc(C(C)C)cn3)CC2)nc1. The van der Waals surface area contributed by atoms with Gasteiger partial charge in [-0.15, -0.1) is 0 Å². The topological polar surface area (TPSA) is 58.1 Å². The van der Waals surface area contributed by atoms with Crippen molar-refractivity contribution in [2.24, 2.45) is 5.92 Å². The van der Waals surface area contributed by atoms with E-state index in [1.165, 1.54) is 5.56 Å². The second kappa shape index (κ2) is 9.18. The summed E-state index contributed by atoms with van der Waals surface area (Å²) in [5.41, 5.74) is 2.92. The maximum atomic E-state index is 12.3. The third kappa shape index (κ3) is 5.09. The third-order valence-electron chi connectivity index (χ3n) is 5.61. The number of anilines is 1. The molecule has 28 heavy (non-hydrogen) atoms. The van der Waals surface area contributed by atoms with Crippen molar-refractivity contribution in [2.75, 3.05) is 24.5 Å². The number of nitrogens with one attached hydrogen (secondary N) is 1.